The fourth-order valence-electron chi connectivity index (χ4n) is 1.66. The van der Waals surface area contributed by atoms with E-state index in [9.17, 15) is 18.3 Å². The lowest BCUT2D eigenvalue weighted by Crippen LogP contribution is -2.03. The van der Waals surface area contributed by atoms with Crippen LogP contribution in [0.15, 0.2) is 45.3 Å². The molecule has 110 valence electrons. The van der Waals surface area contributed by atoms with Crippen molar-refractivity contribution >= 4 is 44.0 Å². The van der Waals surface area contributed by atoms with E-state index in [1.807, 2.05) is 0 Å². The fraction of sp³-hybridized carbons (Fsp3) is 0.0667. The molecule has 0 spiro atoms. The van der Waals surface area contributed by atoms with E-state index in [-0.39, 0.29) is 5.75 Å². The highest BCUT2D eigenvalue weighted by molar-refractivity contribution is 9.11. The van der Waals surface area contributed by atoms with Crippen molar-refractivity contribution in [3.8, 4) is 5.75 Å². The minimum Gasteiger partial charge on any atom is -0.506 e. The summed E-state index contributed by atoms with van der Waals surface area (Å²) in [5.74, 6) is 0.0988. The summed E-state index contributed by atoms with van der Waals surface area (Å²) in [6.45, 7) is 0. The largest absolute Gasteiger partial charge is 0.506 e. The lowest BCUT2D eigenvalue weighted by Gasteiger charge is -2.06. The molecule has 0 aromatic heterocycles. The van der Waals surface area contributed by atoms with Crippen LogP contribution in [0.2, 0.25) is 0 Å². The van der Waals surface area contributed by atoms with Gasteiger partial charge >= 0.3 is 6.18 Å². The zero-order valence-corrected chi connectivity index (χ0v) is 13.6. The van der Waals surface area contributed by atoms with Gasteiger partial charge in [-0.2, -0.15) is 13.2 Å². The molecule has 2 rings (SSSR count). The molecule has 0 radical (unpaired) electrons. The van der Waals surface area contributed by atoms with Crippen molar-refractivity contribution in [3.05, 3.63) is 62.0 Å². The summed E-state index contributed by atoms with van der Waals surface area (Å²) in [4.78, 5) is 0. The maximum Gasteiger partial charge on any atom is 0.416 e. The molecule has 1 N–H and O–H groups in total. The van der Waals surface area contributed by atoms with E-state index in [1.54, 1.807) is 24.3 Å². The van der Waals surface area contributed by atoms with Gasteiger partial charge in [0.1, 0.15) is 5.75 Å². The van der Waals surface area contributed by atoms with Crippen LogP contribution in [-0.2, 0) is 6.18 Å². The summed E-state index contributed by atoms with van der Waals surface area (Å²) in [5, 5.41) is 9.60. The smallest absolute Gasteiger partial charge is 0.416 e. The van der Waals surface area contributed by atoms with Gasteiger partial charge in [0.05, 0.1) is 14.5 Å². The third-order valence-electron chi connectivity index (χ3n) is 2.75. The van der Waals surface area contributed by atoms with Crippen LogP contribution in [0.1, 0.15) is 16.7 Å². The van der Waals surface area contributed by atoms with Gasteiger partial charge in [0, 0.05) is 0 Å². The van der Waals surface area contributed by atoms with Gasteiger partial charge in [-0.15, -0.1) is 0 Å². The van der Waals surface area contributed by atoms with Gasteiger partial charge in [-0.25, -0.2) is 0 Å². The van der Waals surface area contributed by atoms with Gasteiger partial charge < -0.3 is 5.11 Å². The Labute approximate surface area is 136 Å². The standard InChI is InChI=1S/C15H9Br2F3O/c16-12-7-10(8-13(17)14(12)21)2-1-9-3-5-11(6-4-9)15(18,19)20/h1-8,21H/b2-1+. The van der Waals surface area contributed by atoms with E-state index < -0.39 is 11.7 Å². The van der Waals surface area contributed by atoms with Crippen LogP contribution >= 0.6 is 31.9 Å². The third kappa shape index (κ3) is 4.11. The number of hydrogen-bond donors (Lipinski definition) is 1. The highest BCUT2D eigenvalue weighted by Gasteiger charge is 2.29. The van der Waals surface area contributed by atoms with Crippen molar-refractivity contribution in [2.45, 2.75) is 6.18 Å². The maximum atomic E-state index is 12.4. The Hall–Kier alpha value is -1.27. The number of alkyl halides is 3. The molecule has 0 aliphatic carbocycles. The van der Waals surface area contributed by atoms with Crippen LogP contribution < -0.4 is 0 Å². The summed E-state index contributed by atoms with van der Waals surface area (Å²) in [6, 6.07) is 8.32. The maximum absolute atomic E-state index is 12.4. The Morgan fingerprint density at radius 3 is 1.81 bits per heavy atom. The molecule has 21 heavy (non-hydrogen) atoms. The van der Waals surface area contributed by atoms with E-state index in [0.29, 0.717) is 14.5 Å². The molecule has 0 unspecified atom stereocenters. The van der Waals surface area contributed by atoms with Crippen molar-refractivity contribution in [1.29, 1.82) is 0 Å². The molecule has 0 aliphatic heterocycles. The zero-order chi connectivity index (χ0) is 15.6. The second kappa shape index (κ2) is 6.23. The first kappa shape index (κ1) is 16.1. The molecule has 2 aromatic carbocycles. The summed E-state index contributed by atoms with van der Waals surface area (Å²) in [7, 11) is 0. The topological polar surface area (TPSA) is 20.2 Å². The molecule has 6 heteroatoms. The molecule has 1 nitrogen and oxygen atoms in total. The lowest BCUT2D eigenvalue weighted by molar-refractivity contribution is -0.137. The second-order valence-corrected chi connectivity index (χ2v) is 5.99. The summed E-state index contributed by atoms with van der Waals surface area (Å²) < 4.78 is 38.4. The minimum atomic E-state index is -4.32. The number of phenols is 1. The normalized spacial score (nSPS) is 12.0. The quantitative estimate of drug-likeness (QED) is 0.580. The van der Waals surface area contributed by atoms with Crippen LogP contribution in [0.4, 0.5) is 13.2 Å². The number of rotatable bonds is 2. The highest BCUT2D eigenvalue weighted by atomic mass is 79.9. The van der Waals surface area contributed by atoms with Gasteiger partial charge in [0.2, 0.25) is 0 Å². The Kier molecular flexibility index (Phi) is 4.78. The average Bonchev–Trinajstić information content (AvgIpc) is 2.42. The summed E-state index contributed by atoms with van der Waals surface area (Å²) in [5.41, 5.74) is 0.782. The number of hydrogen-bond acceptors (Lipinski definition) is 1. The molecule has 0 heterocycles. The Bertz CT molecular complexity index is 653. The number of aromatic hydroxyl groups is 1. The molecular weight excluding hydrogens is 413 g/mol. The van der Waals surface area contributed by atoms with E-state index in [4.69, 9.17) is 0 Å². The second-order valence-electron chi connectivity index (χ2n) is 4.29. The van der Waals surface area contributed by atoms with Crippen molar-refractivity contribution in [1.82, 2.24) is 0 Å². The first-order valence-electron chi connectivity index (χ1n) is 5.81. The van der Waals surface area contributed by atoms with E-state index >= 15 is 0 Å². The van der Waals surface area contributed by atoms with Crippen molar-refractivity contribution in [2.75, 3.05) is 0 Å². The molecule has 0 bridgehead atoms. The van der Waals surface area contributed by atoms with Crippen LogP contribution in [-0.4, -0.2) is 5.11 Å². The van der Waals surface area contributed by atoms with Crippen molar-refractivity contribution in [2.24, 2.45) is 0 Å². The van der Waals surface area contributed by atoms with Gasteiger partial charge in [-0.1, -0.05) is 24.3 Å². The van der Waals surface area contributed by atoms with Crippen LogP contribution in [0.3, 0.4) is 0 Å². The third-order valence-corrected chi connectivity index (χ3v) is 3.95. The predicted molar refractivity (Wildman–Crippen MR) is 83.9 cm³/mol. The van der Waals surface area contributed by atoms with Gasteiger partial charge in [-0.05, 0) is 67.3 Å². The van der Waals surface area contributed by atoms with Crippen LogP contribution in [0.5, 0.6) is 5.75 Å². The Morgan fingerprint density at radius 1 is 0.857 bits per heavy atom. The van der Waals surface area contributed by atoms with Crippen molar-refractivity contribution in [3.63, 3.8) is 0 Å². The molecule has 2 aromatic rings. The minimum absolute atomic E-state index is 0.0988. The van der Waals surface area contributed by atoms with Gasteiger partial charge in [0.15, 0.2) is 0 Å². The van der Waals surface area contributed by atoms with Crippen molar-refractivity contribution < 1.29 is 18.3 Å². The van der Waals surface area contributed by atoms with Gasteiger partial charge in [0.25, 0.3) is 0 Å². The van der Waals surface area contributed by atoms with Crippen LogP contribution in [0, 0.1) is 0 Å². The molecule has 0 saturated carbocycles. The van der Waals surface area contributed by atoms with E-state index in [0.717, 1.165) is 17.7 Å². The van der Waals surface area contributed by atoms with Crippen LogP contribution in [0.25, 0.3) is 12.2 Å². The monoisotopic (exact) mass is 420 g/mol. The highest BCUT2D eigenvalue weighted by Crippen LogP contribution is 2.34. The molecular formula is C15H9Br2F3O. The van der Waals surface area contributed by atoms with Gasteiger partial charge in [-0.3, -0.25) is 0 Å². The summed E-state index contributed by atoms with van der Waals surface area (Å²) in [6.07, 6.45) is -0.877. The summed E-state index contributed by atoms with van der Waals surface area (Å²) >= 11 is 6.43. The fourth-order valence-corrected chi connectivity index (χ4v) is 2.88. The molecule has 0 atom stereocenters. The predicted octanol–water partition coefficient (Wildman–Crippen LogP) is 6.11. The lowest BCUT2D eigenvalue weighted by atomic mass is 10.1. The Morgan fingerprint density at radius 2 is 1.33 bits per heavy atom. The zero-order valence-electron chi connectivity index (χ0n) is 10.5. The first-order valence-corrected chi connectivity index (χ1v) is 7.39. The molecule has 0 fully saturated rings. The molecule has 0 saturated heterocycles. The number of phenolic OH excluding ortho intramolecular Hbond substituents is 1. The SMILES string of the molecule is Oc1c(Br)cc(/C=C/c2ccc(C(F)(F)F)cc2)cc1Br. The van der Waals surface area contributed by atoms with E-state index in [2.05, 4.69) is 31.9 Å². The Balaban J connectivity index is 2.22. The molecule has 0 aliphatic rings. The first-order chi connectivity index (χ1) is 9.77. The number of halogens is 5. The average molecular weight is 422 g/mol. The molecule has 0 amide bonds. The number of benzene rings is 2. The van der Waals surface area contributed by atoms with E-state index in [1.165, 1.54) is 12.1 Å².